The van der Waals surface area contributed by atoms with Crippen molar-refractivity contribution in [3.8, 4) is 0 Å². The summed E-state index contributed by atoms with van der Waals surface area (Å²) in [4.78, 5) is 1.07. The van der Waals surface area contributed by atoms with Crippen molar-refractivity contribution in [1.82, 2.24) is 0 Å². The summed E-state index contributed by atoms with van der Waals surface area (Å²) in [6.07, 6.45) is 1.78. The SMILES string of the molecule is Brc1ccc(/C=N\N=C(c2ccccc2)c2ccccc2)s1. The number of hydrogen-bond acceptors (Lipinski definition) is 3. The van der Waals surface area contributed by atoms with Crippen molar-refractivity contribution in [2.75, 3.05) is 0 Å². The second-order valence-electron chi connectivity index (χ2n) is 4.57. The Hall–Kier alpha value is -2.04. The van der Waals surface area contributed by atoms with Gasteiger partial charge in [0.2, 0.25) is 0 Å². The van der Waals surface area contributed by atoms with Crippen LogP contribution in [-0.2, 0) is 0 Å². The number of halogens is 1. The van der Waals surface area contributed by atoms with Gasteiger partial charge >= 0.3 is 0 Å². The van der Waals surface area contributed by atoms with E-state index in [1.807, 2.05) is 72.8 Å². The summed E-state index contributed by atoms with van der Waals surface area (Å²) < 4.78 is 1.09. The molecule has 0 bridgehead atoms. The summed E-state index contributed by atoms with van der Waals surface area (Å²) >= 11 is 5.08. The zero-order valence-electron chi connectivity index (χ0n) is 11.7. The van der Waals surface area contributed by atoms with Gasteiger partial charge in [-0.3, -0.25) is 0 Å². The first-order chi connectivity index (χ1) is 10.8. The lowest BCUT2D eigenvalue weighted by atomic mass is 10.0. The molecule has 4 heteroatoms. The van der Waals surface area contributed by atoms with Crippen molar-refractivity contribution in [2.45, 2.75) is 0 Å². The molecule has 0 atom stereocenters. The van der Waals surface area contributed by atoms with E-state index >= 15 is 0 Å². The van der Waals surface area contributed by atoms with Gasteiger partial charge in [0.05, 0.1) is 10.0 Å². The normalized spacial score (nSPS) is 10.8. The Morgan fingerprint density at radius 3 is 1.91 bits per heavy atom. The summed E-state index contributed by atoms with van der Waals surface area (Å²) in [6, 6.07) is 24.2. The fraction of sp³-hybridized carbons (Fsp3) is 0. The monoisotopic (exact) mass is 368 g/mol. The standard InChI is InChI=1S/C18H13BrN2S/c19-17-12-11-16(22-17)13-20-21-18(14-7-3-1-4-8-14)15-9-5-2-6-10-15/h1-13H/b20-13-. The first-order valence-electron chi connectivity index (χ1n) is 6.80. The minimum atomic E-state index is 0.869. The van der Waals surface area contributed by atoms with Gasteiger partial charge in [0.1, 0.15) is 5.71 Å². The van der Waals surface area contributed by atoms with Crippen LogP contribution in [0.3, 0.4) is 0 Å². The third-order valence-corrected chi connectivity index (χ3v) is 4.59. The number of benzene rings is 2. The van der Waals surface area contributed by atoms with Gasteiger partial charge in [-0.05, 0) is 28.1 Å². The quantitative estimate of drug-likeness (QED) is 0.436. The lowest BCUT2D eigenvalue weighted by Gasteiger charge is -2.04. The molecule has 0 saturated heterocycles. The van der Waals surface area contributed by atoms with Crippen LogP contribution in [0.1, 0.15) is 16.0 Å². The van der Waals surface area contributed by atoms with E-state index in [9.17, 15) is 0 Å². The molecule has 0 amide bonds. The molecule has 0 radical (unpaired) electrons. The van der Waals surface area contributed by atoms with E-state index in [2.05, 4.69) is 26.1 Å². The molecular formula is C18H13BrN2S. The van der Waals surface area contributed by atoms with E-state index in [1.165, 1.54) is 0 Å². The summed E-state index contributed by atoms with van der Waals surface area (Å²) in [5.74, 6) is 0. The molecule has 0 spiro atoms. The molecule has 0 N–H and O–H groups in total. The van der Waals surface area contributed by atoms with Gasteiger partial charge in [-0.2, -0.15) is 5.10 Å². The molecule has 0 unspecified atom stereocenters. The van der Waals surface area contributed by atoms with Crippen LogP contribution in [0.5, 0.6) is 0 Å². The molecular weight excluding hydrogens is 356 g/mol. The maximum atomic E-state index is 4.45. The smallest absolute Gasteiger partial charge is 0.100 e. The molecule has 0 aliphatic rings. The molecule has 1 aromatic heterocycles. The van der Waals surface area contributed by atoms with Crippen molar-refractivity contribution in [1.29, 1.82) is 0 Å². The highest BCUT2D eigenvalue weighted by atomic mass is 79.9. The second kappa shape index (κ2) is 7.29. The van der Waals surface area contributed by atoms with Crippen molar-refractivity contribution in [2.24, 2.45) is 10.2 Å². The molecule has 3 rings (SSSR count). The molecule has 0 fully saturated rings. The van der Waals surface area contributed by atoms with Crippen LogP contribution in [-0.4, -0.2) is 11.9 Å². The van der Waals surface area contributed by atoms with Crippen molar-refractivity contribution >= 4 is 39.2 Å². The Labute approximate surface area is 142 Å². The third-order valence-electron chi connectivity index (χ3n) is 3.03. The Balaban J connectivity index is 1.95. The fourth-order valence-corrected chi connectivity index (χ4v) is 3.31. The average Bonchev–Trinajstić information content (AvgIpc) is 2.99. The van der Waals surface area contributed by atoms with Gasteiger partial charge in [0.25, 0.3) is 0 Å². The molecule has 2 aromatic carbocycles. The zero-order chi connectivity index (χ0) is 15.2. The Morgan fingerprint density at radius 2 is 1.41 bits per heavy atom. The molecule has 22 heavy (non-hydrogen) atoms. The Morgan fingerprint density at radius 1 is 0.818 bits per heavy atom. The highest BCUT2D eigenvalue weighted by Crippen LogP contribution is 2.20. The highest BCUT2D eigenvalue weighted by molar-refractivity contribution is 9.11. The van der Waals surface area contributed by atoms with Crippen LogP contribution in [0.15, 0.2) is 86.8 Å². The van der Waals surface area contributed by atoms with Gasteiger partial charge in [0, 0.05) is 16.0 Å². The molecule has 3 aromatic rings. The molecule has 0 aliphatic carbocycles. The first kappa shape index (κ1) is 14.9. The van der Waals surface area contributed by atoms with Crippen LogP contribution in [0.25, 0.3) is 0 Å². The summed E-state index contributed by atoms with van der Waals surface area (Å²) in [7, 11) is 0. The van der Waals surface area contributed by atoms with Gasteiger partial charge in [-0.25, -0.2) is 0 Å². The molecule has 0 saturated carbocycles. The average molecular weight is 369 g/mol. The highest BCUT2D eigenvalue weighted by Gasteiger charge is 2.05. The van der Waals surface area contributed by atoms with Gasteiger partial charge in [-0.1, -0.05) is 60.7 Å². The van der Waals surface area contributed by atoms with Crippen molar-refractivity contribution < 1.29 is 0 Å². The van der Waals surface area contributed by atoms with Crippen LogP contribution in [0.4, 0.5) is 0 Å². The third kappa shape index (κ3) is 3.78. The van der Waals surface area contributed by atoms with E-state index < -0.39 is 0 Å². The lowest BCUT2D eigenvalue weighted by Crippen LogP contribution is -2.02. The number of nitrogens with zero attached hydrogens (tertiary/aromatic N) is 2. The minimum absolute atomic E-state index is 0.869. The summed E-state index contributed by atoms with van der Waals surface area (Å²) in [5, 5.41) is 8.71. The largest absolute Gasteiger partial charge is 0.157 e. The lowest BCUT2D eigenvalue weighted by molar-refractivity contribution is 1.25. The van der Waals surface area contributed by atoms with Gasteiger partial charge in [-0.15, -0.1) is 16.4 Å². The predicted octanol–water partition coefficient (Wildman–Crippen LogP) is 5.38. The van der Waals surface area contributed by atoms with Gasteiger partial charge in [0.15, 0.2) is 0 Å². The van der Waals surface area contributed by atoms with Crippen LogP contribution in [0.2, 0.25) is 0 Å². The molecule has 1 heterocycles. The number of rotatable bonds is 4. The van der Waals surface area contributed by atoms with E-state index in [1.54, 1.807) is 17.6 Å². The minimum Gasteiger partial charge on any atom is -0.157 e. The molecule has 0 aliphatic heterocycles. The summed E-state index contributed by atoms with van der Waals surface area (Å²) in [6.45, 7) is 0. The van der Waals surface area contributed by atoms with Crippen molar-refractivity contribution in [3.63, 3.8) is 0 Å². The maximum absolute atomic E-state index is 4.45. The second-order valence-corrected chi connectivity index (χ2v) is 7.06. The van der Waals surface area contributed by atoms with E-state index in [0.717, 1.165) is 25.5 Å². The van der Waals surface area contributed by atoms with E-state index in [-0.39, 0.29) is 0 Å². The predicted molar refractivity (Wildman–Crippen MR) is 98.1 cm³/mol. The van der Waals surface area contributed by atoms with Crippen LogP contribution < -0.4 is 0 Å². The summed E-state index contributed by atoms with van der Waals surface area (Å²) in [5.41, 5.74) is 2.98. The van der Waals surface area contributed by atoms with Crippen LogP contribution >= 0.6 is 27.3 Å². The zero-order valence-corrected chi connectivity index (χ0v) is 14.1. The van der Waals surface area contributed by atoms with Crippen LogP contribution in [0, 0.1) is 0 Å². The van der Waals surface area contributed by atoms with Crippen molar-refractivity contribution in [3.05, 3.63) is 92.6 Å². The first-order valence-corrected chi connectivity index (χ1v) is 8.41. The fourth-order valence-electron chi connectivity index (χ4n) is 2.02. The van der Waals surface area contributed by atoms with E-state index in [0.29, 0.717) is 0 Å². The number of thiophene rings is 1. The Kier molecular flexibility index (Phi) is 4.93. The molecule has 2 nitrogen and oxygen atoms in total. The van der Waals surface area contributed by atoms with Gasteiger partial charge < -0.3 is 0 Å². The maximum Gasteiger partial charge on any atom is 0.100 e. The topological polar surface area (TPSA) is 24.7 Å². The Bertz CT molecular complexity index is 751. The number of hydrogen-bond donors (Lipinski definition) is 0. The van der Waals surface area contributed by atoms with E-state index in [4.69, 9.17) is 0 Å². The molecule has 108 valence electrons.